The van der Waals surface area contributed by atoms with Crippen LogP contribution in [-0.4, -0.2) is 37.1 Å². The molecule has 1 amide bonds. The molecular weight excluding hydrogens is 298 g/mol. The van der Waals surface area contributed by atoms with Gasteiger partial charge in [-0.15, -0.1) is 0 Å². The first-order valence-corrected chi connectivity index (χ1v) is 10.1. The molecule has 4 fully saturated rings. The summed E-state index contributed by atoms with van der Waals surface area (Å²) in [6, 6.07) is 0.457. The van der Waals surface area contributed by atoms with Gasteiger partial charge in [0.2, 0.25) is 5.91 Å². The van der Waals surface area contributed by atoms with Gasteiger partial charge in [0.05, 0.1) is 6.10 Å². The molecule has 1 unspecified atom stereocenters. The Labute approximate surface area is 147 Å². The van der Waals surface area contributed by atoms with Gasteiger partial charge in [-0.1, -0.05) is 20.8 Å². The number of fused-ring (bicyclic) bond motifs is 5. The van der Waals surface area contributed by atoms with Gasteiger partial charge < -0.3 is 9.64 Å². The van der Waals surface area contributed by atoms with Gasteiger partial charge in [0.25, 0.3) is 0 Å². The third kappa shape index (κ3) is 2.15. The summed E-state index contributed by atoms with van der Waals surface area (Å²) >= 11 is 0. The number of hydrogen-bond acceptors (Lipinski definition) is 2. The van der Waals surface area contributed by atoms with Crippen molar-refractivity contribution >= 4 is 5.91 Å². The fraction of sp³-hybridized carbons (Fsp3) is 0.952. The van der Waals surface area contributed by atoms with E-state index < -0.39 is 0 Å². The van der Waals surface area contributed by atoms with E-state index in [1.165, 1.54) is 32.1 Å². The fourth-order valence-corrected chi connectivity index (χ4v) is 7.64. The first-order valence-electron chi connectivity index (χ1n) is 10.1. The molecule has 1 saturated heterocycles. The molecule has 1 heterocycles. The highest BCUT2D eigenvalue weighted by molar-refractivity contribution is 5.77. The maximum atomic E-state index is 12.3. The number of piperidine rings is 1. The summed E-state index contributed by atoms with van der Waals surface area (Å²) < 4.78 is 5.79. The van der Waals surface area contributed by atoms with Crippen LogP contribution in [0.5, 0.6) is 0 Å². The molecule has 4 aliphatic rings. The smallest absolute Gasteiger partial charge is 0.222 e. The van der Waals surface area contributed by atoms with Crippen LogP contribution < -0.4 is 0 Å². The zero-order valence-electron chi connectivity index (χ0n) is 16.2. The van der Waals surface area contributed by atoms with Crippen LogP contribution in [0, 0.1) is 34.5 Å². The van der Waals surface area contributed by atoms with Gasteiger partial charge in [-0.25, -0.2) is 0 Å². The predicted octanol–water partition coefficient (Wildman–Crippen LogP) is 4.11. The van der Waals surface area contributed by atoms with Crippen molar-refractivity contribution in [3.05, 3.63) is 0 Å². The molecule has 4 rings (SSSR count). The maximum absolute atomic E-state index is 12.3. The summed E-state index contributed by atoms with van der Waals surface area (Å²) in [5.41, 5.74) is 0.808. The zero-order valence-corrected chi connectivity index (χ0v) is 16.2. The highest BCUT2D eigenvalue weighted by atomic mass is 16.5. The number of rotatable bonds is 1. The first kappa shape index (κ1) is 16.9. The van der Waals surface area contributed by atoms with Crippen molar-refractivity contribution in [2.45, 2.75) is 77.9 Å². The van der Waals surface area contributed by atoms with Crippen molar-refractivity contribution in [2.24, 2.45) is 34.5 Å². The Hall–Kier alpha value is -0.570. The molecule has 8 atom stereocenters. The molecule has 3 nitrogen and oxygen atoms in total. The number of amides is 1. The minimum atomic E-state index is 0.326. The van der Waals surface area contributed by atoms with Gasteiger partial charge in [0.15, 0.2) is 0 Å². The largest absolute Gasteiger partial charge is 0.381 e. The second-order valence-corrected chi connectivity index (χ2v) is 10.0. The maximum Gasteiger partial charge on any atom is 0.222 e. The number of ether oxygens (including phenoxy) is 1. The van der Waals surface area contributed by atoms with Crippen LogP contribution in [0.2, 0.25) is 0 Å². The Morgan fingerprint density at radius 3 is 2.62 bits per heavy atom. The summed E-state index contributed by atoms with van der Waals surface area (Å²) in [7, 11) is 3.95. The Balaban J connectivity index is 1.68. The number of likely N-dealkylation sites (tertiary alicyclic amines) is 1. The second kappa shape index (κ2) is 5.46. The van der Waals surface area contributed by atoms with Crippen molar-refractivity contribution < 1.29 is 9.53 Å². The molecule has 0 N–H and O–H groups in total. The lowest BCUT2D eigenvalue weighted by molar-refractivity contribution is -0.164. The summed E-state index contributed by atoms with van der Waals surface area (Å²) in [6.07, 6.45) is 8.74. The lowest BCUT2D eigenvalue weighted by Gasteiger charge is -2.63. The Morgan fingerprint density at radius 1 is 1.17 bits per heavy atom. The zero-order chi connectivity index (χ0) is 17.3. The summed E-state index contributed by atoms with van der Waals surface area (Å²) in [5.74, 6) is 3.52. The third-order valence-electron chi connectivity index (χ3n) is 8.99. The lowest BCUT2D eigenvalue weighted by Crippen LogP contribution is -2.62. The van der Waals surface area contributed by atoms with E-state index in [-0.39, 0.29) is 0 Å². The van der Waals surface area contributed by atoms with E-state index in [0.717, 1.165) is 36.5 Å². The van der Waals surface area contributed by atoms with Crippen LogP contribution in [0.1, 0.15) is 65.7 Å². The highest BCUT2D eigenvalue weighted by Crippen LogP contribution is 2.66. The van der Waals surface area contributed by atoms with E-state index in [1.54, 1.807) is 0 Å². The summed E-state index contributed by atoms with van der Waals surface area (Å²) in [6.45, 7) is 7.51. The highest BCUT2D eigenvalue weighted by Gasteiger charge is 2.62. The molecule has 1 aliphatic heterocycles. The van der Waals surface area contributed by atoms with Crippen molar-refractivity contribution in [1.82, 2.24) is 4.90 Å². The van der Waals surface area contributed by atoms with E-state index in [2.05, 4.69) is 32.7 Å². The molecule has 0 radical (unpaired) electrons. The van der Waals surface area contributed by atoms with Crippen LogP contribution in [-0.2, 0) is 9.53 Å². The SMILES string of the molecule is CO[C@H]1C[C@H]2C3[C@@H](C)C[C@H]4N(C)C(=O)CC[C@]4(C)[C@H]3CC[C@]2(C)C1. The lowest BCUT2D eigenvalue weighted by atomic mass is 9.45. The minimum absolute atomic E-state index is 0.326. The number of nitrogens with zero attached hydrogens (tertiary/aromatic N) is 1. The predicted molar refractivity (Wildman–Crippen MR) is 95.5 cm³/mol. The molecule has 24 heavy (non-hydrogen) atoms. The van der Waals surface area contributed by atoms with Crippen LogP contribution in [0.4, 0.5) is 0 Å². The van der Waals surface area contributed by atoms with Gasteiger partial charge in [-0.3, -0.25) is 4.79 Å². The standard InChI is InChI=1S/C21H35NO2/c1-13-10-17-21(3,9-7-18(23)22(17)4)15-6-8-20(2)12-14(24-5)11-16(20)19(13)15/h13-17,19H,6-12H2,1-5H3/t13-,14-,15-,16-,17+,19?,20+,21+/m0/s1. The van der Waals surface area contributed by atoms with Crippen LogP contribution in [0.3, 0.4) is 0 Å². The van der Waals surface area contributed by atoms with E-state index >= 15 is 0 Å². The Morgan fingerprint density at radius 2 is 1.92 bits per heavy atom. The fourth-order valence-electron chi connectivity index (χ4n) is 7.64. The number of hydrogen-bond donors (Lipinski definition) is 0. The first-order chi connectivity index (χ1) is 11.3. The average molecular weight is 334 g/mol. The van der Waals surface area contributed by atoms with Crippen LogP contribution in [0.15, 0.2) is 0 Å². The van der Waals surface area contributed by atoms with Gasteiger partial charge in [0.1, 0.15) is 0 Å². The Kier molecular flexibility index (Phi) is 3.84. The Bertz CT molecular complexity index is 534. The van der Waals surface area contributed by atoms with Crippen molar-refractivity contribution in [3.8, 4) is 0 Å². The molecule has 0 bridgehead atoms. The van der Waals surface area contributed by atoms with Crippen LogP contribution in [0.25, 0.3) is 0 Å². The van der Waals surface area contributed by atoms with E-state index in [9.17, 15) is 4.79 Å². The molecule has 0 aromatic rings. The number of carbonyl (C=O) groups excluding carboxylic acids is 1. The molecule has 3 heteroatoms. The van der Waals surface area contributed by atoms with Gasteiger partial charge >= 0.3 is 0 Å². The van der Waals surface area contributed by atoms with E-state index in [4.69, 9.17) is 4.74 Å². The molecule has 3 aliphatic carbocycles. The quantitative estimate of drug-likeness (QED) is 0.723. The normalized spacial score (nSPS) is 54.2. The van der Waals surface area contributed by atoms with Crippen molar-refractivity contribution in [3.63, 3.8) is 0 Å². The molecular formula is C21H35NO2. The number of methoxy groups -OCH3 is 1. The molecule has 3 saturated carbocycles. The summed E-state index contributed by atoms with van der Waals surface area (Å²) in [5, 5.41) is 0. The minimum Gasteiger partial charge on any atom is -0.381 e. The van der Waals surface area contributed by atoms with Gasteiger partial charge in [-0.05, 0) is 73.0 Å². The van der Waals surface area contributed by atoms with Crippen LogP contribution >= 0.6 is 0 Å². The van der Waals surface area contributed by atoms with Crippen molar-refractivity contribution in [2.75, 3.05) is 14.2 Å². The second-order valence-electron chi connectivity index (χ2n) is 10.0. The van der Waals surface area contributed by atoms with Gasteiger partial charge in [0, 0.05) is 26.6 Å². The average Bonchev–Trinajstić information content (AvgIpc) is 2.90. The third-order valence-corrected chi connectivity index (χ3v) is 8.99. The van der Waals surface area contributed by atoms with E-state index in [1.807, 2.05) is 7.11 Å². The summed E-state index contributed by atoms with van der Waals surface area (Å²) in [4.78, 5) is 14.4. The molecule has 136 valence electrons. The molecule has 0 aromatic carbocycles. The van der Waals surface area contributed by atoms with Gasteiger partial charge in [-0.2, -0.15) is 0 Å². The number of carbonyl (C=O) groups is 1. The van der Waals surface area contributed by atoms with E-state index in [0.29, 0.717) is 28.9 Å². The monoisotopic (exact) mass is 333 g/mol. The topological polar surface area (TPSA) is 29.5 Å². The molecule has 0 aromatic heterocycles. The van der Waals surface area contributed by atoms with Crippen molar-refractivity contribution in [1.29, 1.82) is 0 Å². The molecule has 0 spiro atoms.